The van der Waals surface area contributed by atoms with E-state index in [1.807, 2.05) is 37.3 Å². The fourth-order valence-corrected chi connectivity index (χ4v) is 3.74. The summed E-state index contributed by atoms with van der Waals surface area (Å²) >= 11 is 0. The van der Waals surface area contributed by atoms with Crippen LogP contribution in [0.3, 0.4) is 0 Å². The van der Waals surface area contributed by atoms with Crippen LogP contribution in [0.2, 0.25) is 0 Å². The smallest absolute Gasteiger partial charge is 0.209 e. The fraction of sp³-hybridized carbons (Fsp3) is 0.118. The summed E-state index contributed by atoms with van der Waals surface area (Å²) < 4.78 is 27.2. The normalized spacial score (nSPS) is 11.5. The lowest BCUT2D eigenvalue weighted by molar-refractivity contribution is 0.595. The summed E-state index contributed by atoms with van der Waals surface area (Å²) in [5.74, 6) is 0. The Morgan fingerprint density at radius 1 is 0.909 bits per heavy atom. The largest absolute Gasteiger partial charge is 0.237 e. The van der Waals surface area contributed by atoms with Gasteiger partial charge in [0.15, 0.2) is 0 Å². The Labute approximate surface area is 130 Å². The van der Waals surface area contributed by atoms with Crippen molar-refractivity contribution >= 4 is 9.84 Å². The highest BCUT2D eigenvalue weighted by Crippen LogP contribution is 2.25. The average molecular weight is 312 g/mol. The van der Waals surface area contributed by atoms with E-state index in [2.05, 4.69) is 5.10 Å². The first-order valence-corrected chi connectivity index (χ1v) is 8.40. The molecule has 5 heteroatoms. The molecule has 0 unspecified atom stereocenters. The third-order valence-corrected chi connectivity index (χ3v) is 5.46. The molecule has 1 heterocycles. The first-order valence-electron chi connectivity index (χ1n) is 6.92. The van der Waals surface area contributed by atoms with Gasteiger partial charge >= 0.3 is 0 Å². The molecule has 0 spiro atoms. The zero-order valence-electron chi connectivity index (χ0n) is 12.4. The second-order valence-corrected chi connectivity index (χ2v) is 7.08. The van der Waals surface area contributed by atoms with Gasteiger partial charge in [-0.05, 0) is 38.1 Å². The number of rotatable bonds is 3. The lowest BCUT2D eigenvalue weighted by atomic mass is 10.2. The molecule has 3 aromatic rings. The number of sulfone groups is 1. The van der Waals surface area contributed by atoms with Crippen LogP contribution in [0.4, 0.5) is 0 Å². The molecular weight excluding hydrogens is 296 g/mol. The molecule has 2 aromatic carbocycles. The predicted molar refractivity (Wildman–Crippen MR) is 84.9 cm³/mol. The Hall–Kier alpha value is -2.40. The maximum Gasteiger partial charge on any atom is 0.209 e. The summed E-state index contributed by atoms with van der Waals surface area (Å²) in [5.41, 5.74) is 2.47. The summed E-state index contributed by atoms with van der Waals surface area (Å²) in [4.78, 5) is 0.522. The van der Waals surface area contributed by atoms with E-state index >= 15 is 0 Å². The highest BCUT2D eigenvalue weighted by atomic mass is 32.2. The molecule has 1 aromatic heterocycles. The Morgan fingerprint density at radius 2 is 1.55 bits per heavy atom. The number of aromatic nitrogens is 2. The predicted octanol–water partition coefficient (Wildman–Crippen LogP) is 3.32. The molecule has 0 aliphatic heterocycles. The lowest BCUT2D eigenvalue weighted by Crippen LogP contribution is -2.05. The summed E-state index contributed by atoms with van der Waals surface area (Å²) in [6.45, 7) is 3.69. The van der Waals surface area contributed by atoms with Crippen LogP contribution in [0.25, 0.3) is 5.69 Å². The number of para-hydroxylation sites is 1. The van der Waals surface area contributed by atoms with E-state index in [0.29, 0.717) is 5.69 Å². The summed E-state index contributed by atoms with van der Waals surface area (Å²) in [6.07, 6.45) is 1.41. The molecule has 0 bridgehead atoms. The molecule has 0 aliphatic carbocycles. The van der Waals surface area contributed by atoms with Crippen molar-refractivity contribution in [2.75, 3.05) is 0 Å². The molecule has 22 heavy (non-hydrogen) atoms. The van der Waals surface area contributed by atoms with Crippen LogP contribution in [-0.2, 0) is 9.84 Å². The molecule has 0 atom stereocenters. The molecule has 0 amide bonds. The number of hydrogen-bond acceptors (Lipinski definition) is 3. The van der Waals surface area contributed by atoms with E-state index in [-0.39, 0.29) is 9.79 Å². The monoisotopic (exact) mass is 312 g/mol. The minimum atomic E-state index is -3.56. The molecule has 0 saturated heterocycles. The van der Waals surface area contributed by atoms with E-state index in [4.69, 9.17) is 0 Å². The van der Waals surface area contributed by atoms with Crippen molar-refractivity contribution in [3.05, 3.63) is 72.1 Å². The third kappa shape index (κ3) is 2.44. The highest BCUT2D eigenvalue weighted by molar-refractivity contribution is 7.91. The zero-order valence-corrected chi connectivity index (χ0v) is 13.2. The van der Waals surface area contributed by atoms with Gasteiger partial charge in [0.05, 0.1) is 22.5 Å². The van der Waals surface area contributed by atoms with Gasteiger partial charge in [-0.2, -0.15) is 5.10 Å². The summed E-state index contributed by atoms with van der Waals surface area (Å²) in [6, 6.07) is 16.3. The maximum absolute atomic E-state index is 12.8. The van der Waals surface area contributed by atoms with Crippen LogP contribution in [0, 0.1) is 13.8 Å². The highest BCUT2D eigenvalue weighted by Gasteiger charge is 2.23. The second kappa shape index (κ2) is 5.42. The van der Waals surface area contributed by atoms with Gasteiger partial charge in [-0.3, -0.25) is 0 Å². The van der Waals surface area contributed by atoms with Gasteiger partial charge in [0, 0.05) is 0 Å². The van der Waals surface area contributed by atoms with Crippen molar-refractivity contribution in [1.29, 1.82) is 0 Å². The van der Waals surface area contributed by atoms with Crippen molar-refractivity contribution in [1.82, 2.24) is 9.78 Å². The number of benzene rings is 2. The molecule has 0 aliphatic rings. The van der Waals surface area contributed by atoms with Crippen LogP contribution >= 0.6 is 0 Å². The lowest BCUT2D eigenvalue weighted by Gasteiger charge is -2.06. The van der Waals surface area contributed by atoms with E-state index in [0.717, 1.165) is 11.3 Å². The molecule has 112 valence electrons. The SMILES string of the molecule is Cc1ccc(S(=O)(=O)c2cnn(-c3ccccc3)c2C)cc1. The van der Waals surface area contributed by atoms with E-state index in [1.165, 1.54) is 6.20 Å². The van der Waals surface area contributed by atoms with Crippen LogP contribution in [-0.4, -0.2) is 18.2 Å². The molecule has 3 rings (SSSR count). The van der Waals surface area contributed by atoms with Crippen molar-refractivity contribution in [3.8, 4) is 5.69 Å². The molecular formula is C17H16N2O2S. The van der Waals surface area contributed by atoms with E-state index in [1.54, 1.807) is 35.9 Å². The molecule has 4 nitrogen and oxygen atoms in total. The average Bonchev–Trinajstić information content (AvgIpc) is 2.91. The second-order valence-electron chi connectivity index (χ2n) is 5.16. The standard InChI is InChI=1S/C17H16N2O2S/c1-13-8-10-16(11-9-13)22(20,21)17-12-18-19(14(17)2)15-6-4-3-5-7-15/h3-12H,1-2H3. The molecule has 0 saturated carbocycles. The van der Waals surface area contributed by atoms with Crippen LogP contribution in [0.15, 0.2) is 70.6 Å². The van der Waals surface area contributed by atoms with Gasteiger partial charge in [0.1, 0.15) is 4.90 Å². The van der Waals surface area contributed by atoms with Crippen molar-refractivity contribution in [2.45, 2.75) is 23.6 Å². The van der Waals surface area contributed by atoms with Crippen LogP contribution < -0.4 is 0 Å². The van der Waals surface area contributed by atoms with Gasteiger partial charge in [0.2, 0.25) is 9.84 Å². The van der Waals surface area contributed by atoms with Gasteiger partial charge in [-0.25, -0.2) is 13.1 Å². The Balaban J connectivity index is 2.10. The molecule has 0 radical (unpaired) electrons. The van der Waals surface area contributed by atoms with Crippen molar-refractivity contribution < 1.29 is 8.42 Å². The first kappa shape index (κ1) is 14.5. The Bertz CT molecular complexity index is 896. The number of hydrogen-bond donors (Lipinski definition) is 0. The minimum absolute atomic E-state index is 0.236. The molecule has 0 N–H and O–H groups in total. The first-order chi connectivity index (χ1) is 10.5. The minimum Gasteiger partial charge on any atom is -0.237 e. The zero-order chi connectivity index (χ0) is 15.7. The quantitative estimate of drug-likeness (QED) is 0.745. The summed E-state index contributed by atoms with van der Waals surface area (Å²) in [7, 11) is -3.56. The van der Waals surface area contributed by atoms with Gasteiger partial charge in [-0.1, -0.05) is 35.9 Å². The summed E-state index contributed by atoms with van der Waals surface area (Å²) in [5, 5.41) is 4.23. The van der Waals surface area contributed by atoms with Crippen molar-refractivity contribution in [3.63, 3.8) is 0 Å². The topological polar surface area (TPSA) is 52.0 Å². The van der Waals surface area contributed by atoms with Crippen molar-refractivity contribution in [2.24, 2.45) is 0 Å². The Morgan fingerprint density at radius 3 is 2.18 bits per heavy atom. The molecule has 0 fully saturated rings. The number of nitrogens with zero attached hydrogens (tertiary/aromatic N) is 2. The fourth-order valence-electron chi connectivity index (χ4n) is 2.33. The van der Waals surface area contributed by atoms with E-state index in [9.17, 15) is 8.42 Å². The van der Waals surface area contributed by atoms with Crippen LogP contribution in [0.1, 0.15) is 11.3 Å². The third-order valence-electron chi connectivity index (χ3n) is 3.59. The van der Waals surface area contributed by atoms with E-state index < -0.39 is 9.84 Å². The van der Waals surface area contributed by atoms with Gasteiger partial charge in [0.25, 0.3) is 0 Å². The van der Waals surface area contributed by atoms with Crippen LogP contribution in [0.5, 0.6) is 0 Å². The van der Waals surface area contributed by atoms with Gasteiger partial charge < -0.3 is 0 Å². The maximum atomic E-state index is 12.8. The van der Waals surface area contributed by atoms with Gasteiger partial charge in [-0.15, -0.1) is 0 Å². The number of aryl methyl sites for hydroxylation is 1. The Kier molecular flexibility index (Phi) is 3.58.